The smallest absolute Gasteiger partial charge is 0.341 e. The van der Waals surface area contributed by atoms with Gasteiger partial charge in [0.2, 0.25) is 0 Å². The molecule has 0 spiro atoms. The molecule has 2 rings (SSSR count). The van der Waals surface area contributed by atoms with Crippen LogP contribution in [0.15, 0.2) is 23.1 Å². The highest BCUT2D eigenvalue weighted by molar-refractivity contribution is 5.88. The van der Waals surface area contributed by atoms with Crippen molar-refractivity contribution in [2.45, 2.75) is 19.5 Å². The fraction of sp³-hybridized carbons (Fsp3) is 0.364. The van der Waals surface area contributed by atoms with Gasteiger partial charge in [0.25, 0.3) is 0 Å². The Morgan fingerprint density at radius 3 is 3.17 bits per heavy atom. The number of esters is 1. The third-order valence-corrected chi connectivity index (χ3v) is 2.50. The van der Waals surface area contributed by atoms with Crippen LogP contribution in [0.2, 0.25) is 0 Å². The summed E-state index contributed by atoms with van der Waals surface area (Å²) in [6.07, 6.45) is 2.83. The van der Waals surface area contributed by atoms with Gasteiger partial charge in [-0.15, -0.1) is 0 Å². The first-order valence-corrected chi connectivity index (χ1v) is 5.45. The van der Waals surface area contributed by atoms with E-state index in [0.29, 0.717) is 17.9 Å². The number of ether oxygens (including phenoxy) is 1. The molecule has 96 valence electrons. The number of carbonyl (C=O) groups excluding carboxylic acids is 1. The molecule has 7 nitrogen and oxygen atoms in total. The second-order valence-electron chi connectivity index (χ2n) is 3.77. The first kappa shape index (κ1) is 12.3. The fourth-order valence-electron chi connectivity index (χ4n) is 1.47. The van der Waals surface area contributed by atoms with E-state index in [-0.39, 0.29) is 6.04 Å². The van der Waals surface area contributed by atoms with Gasteiger partial charge in [0.15, 0.2) is 0 Å². The lowest BCUT2D eigenvalue weighted by Crippen LogP contribution is -2.18. The van der Waals surface area contributed by atoms with Crippen molar-refractivity contribution in [3.05, 3.63) is 35.8 Å². The zero-order valence-corrected chi connectivity index (χ0v) is 10.1. The first-order valence-electron chi connectivity index (χ1n) is 5.45. The number of aromatic amines is 1. The van der Waals surface area contributed by atoms with E-state index in [1.54, 1.807) is 6.07 Å². The summed E-state index contributed by atoms with van der Waals surface area (Å²) in [7, 11) is 1.33. The van der Waals surface area contributed by atoms with Gasteiger partial charge in [0, 0.05) is 0 Å². The molecule has 0 saturated carbocycles. The Morgan fingerprint density at radius 2 is 2.50 bits per heavy atom. The fourth-order valence-corrected chi connectivity index (χ4v) is 1.47. The van der Waals surface area contributed by atoms with Crippen molar-refractivity contribution in [2.24, 2.45) is 0 Å². The van der Waals surface area contributed by atoms with Crippen molar-refractivity contribution < 1.29 is 13.9 Å². The number of rotatable bonds is 5. The Bertz CT molecular complexity index is 506. The topological polar surface area (TPSA) is 93.0 Å². The Morgan fingerprint density at radius 1 is 1.67 bits per heavy atom. The minimum atomic E-state index is -0.409. The Hall–Kier alpha value is -2.15. The molecule has 0 aromatic carbocycles. The molecule has 2 aromatic heterocycles. The summed E-state index contributed by atoms with van der Waals surface area (Å²) < 4.78 is 9.84. The van der Waals surface area contributed by atoms with E-state index in [1.807, 2.05) is 6.92 Å². The molecule has 1 unspecified atom stereocenters. The third kappa shape index (κ3) is 2.75. The first-order chi connectivity index (χ1) is 8.70. The third-order valence-electron chi connectivity index (χ3n) is 2.50. The molecular formula is C11H14N4O3. The number of carbonyl (C=O) groups is 1. The monoisotopic (exact) mass is 250 g/mol. The lowest BCUT2D eigenvalue weighted by atomic mass is 10.3. The van der Waals surface area contributed by atoms with Crippen LogP contribution in [0, 0.1) is 0 Å². The van der Waals surface area contributed by atoms with E-state index >= 15 is 0 Å². The molecule has 0 aliphatic rings. The lowest BCUT2D eigenvalue weighted by Gasteiger charge is -2.08. The maximum atomic E-state index is 11.2. The van der Waals surface area contributed by atoms with Crippen molar-refractivity contribution in [2.75, 3.05) is 7.11 Å². The maximum absolute atomic E-state index is 11.2. The zero-order valence-electron chi connectivity index (χ0n) is 10.1. The second-order valence-corrected chi connectivity index (χ2v) is 3.77. The predicted molar refractivity (Wildman–Crippen MR) is 61.7 cm³/mol. The molecule has 1 atom stereocenters. The lowest BCUT2D eigenvalue weighted by molar-refractivity contribution is 0.0600. The number of nitrogens with zero attached hydrogens (tertiary/aromatic N) is 2. The van der Waals surface area contributed by atoms with E-state index < -0.39 is 5.97 Å². The van der Waals surface area contributed by atoms with Crippen LogP contribution >= 0.6 is 0 Å². The van der Waals surface area contributed by atoms with E-state index in [9.17, 15) is 4.79 Å². The van der Waals surface area contributed by atoms with Gasteiger partial charge in [0.1, 0.15) is 24.2 Å². The molecule has 0 saturated heterocycles. The van der Waals surface area contributed by atoms with Gasteiger partial charge >= 0.3 is 5.97 Å². The summed E-state index contributed by atoms with van der Waals surface area (Å²) in [6.45, 7) is 2.43. The normalized spacial score (nSPS) is 12.3. The standard InChI is InChI=1S/C11H14N4O3/c1-7(10-13-6-14-15-10)12-4-9-3-8(5-18-9)11(16)17-2/h3,5-7,12H,4H2,1-2H3,(H,13,14,15). The van der Waals surface area contributed by atoms with Gasteiger partial charge in [-0.25, -0.2) is 9.78 Å². The summed E-state index contributed by atoms with van der Waals surface area (Å²) in [5.41, 5.74) is 0.404. The Balaban J connectivity index is 1.90. The van der Waals surface area contributed by atoms with Crippen molar-refractivity contribution in [3.8, 4) is 0 Å². The Labute approximate surface area is 104 Å². The van der Waals surface area contributed by atoms with Crippen molar-refractivity contribution in [1.29, 1.82) is 0 Å². The van der Waals surface area contributed by atoms with Crippen molar-refractivity contribution >= 4 is 5.97 Å². The zero-order chi connectivity index (χ0) is 13.0. The quantitative estimate of drug-likeness (QED) is 0.770. The number of hydrogen-bond acceptors (Lipinski definition) is 6. The predicted octanol–water partition coefficient (Wildman–Crippen LogP) is 1.04. The summed E-state index contributed by atoms with van der Waals surface area (Å²) in [5, 5.41) is 9.75. The summed E-state index contributed by atoms with van der Waals surface area (Å²) in [5.74, 6) is 0.991. The highest BCUT2D eigenvalue weighted by Crippen LogP contribution is 2.11. The minimum absolute atomic E-state index is 0.0131. The number of nitrogens with one attached hydrogen (secondary N) is 2. The van der Waals surface area contributed by atoms with Gasteiger partial charge in [-0.3, -0.25) is 5.10 Å². The van der Waals surface area contributed by atoms with E-state index in [0.717, 1.165) is 5.82 Å². The van der Waals surface area contributed by atoms with Crippen molar-refractivity contribution in [3.63, 3.8) is 0 Å². The van der Waals surface area contributed by atoms with Crippen LogP contribution in [0.4, 0.5) is 0 Å². The van der Waals surface area contributed by atoms with E-state index in [1.165, 1.54) is 19.7 Å². The average molecular weight is 250 g/mol. The molecule has 0 aliphatic carbocycles. The molecule has 2 heterocycles. The van der Waals surface area contributed by atoms with Crippen LogP contribution in [0.25, 0.3) is 0 Å². The number of hydrogen-bond donors (Lipinski definition) is 2. The summed E-state index contributed by atoms with van der Waals surface area (Å²) in [6, 6.07) is 1.66. The Kier molecular flexibility index (Phi) is 3.73. The molecule has 18 heavy (non-hydrogen) atoms. The van der Waals surface area contributed by atoms with Crippen LogP contribution in [0.5, 0.6) is 0 Å². The molecule has 0 aliphatic heterocycles. The van der Waals surface area contributed by atoms with Gasteiger partial charge in [-0.1, -0.05) is 0 Å². The molecule has 0 amide bonds. The number of methoxy groups -OCH3 is 1. The van der Waals surface area contributed by atoms with Crippen LogP contribution < -0.4 is 5.32 Å². The number of furan rings is 1. The second kappa shape index (κ2) is 5.46. The van der Waals surface area contributed by atoms with Gasteiger partial charge in [-0.05, 0) is 13.0 Å². The molecular weight excluding hydrogens is 236 g/mol. The molecule has 7 heteroatoms. The summed E-state index contributed by atoms with van der Waals surface area (Å²) >= 11 is 0. The molecule has 2 aromatic rings. The van der Waals surface area contributed by atoms with Crippen LogP contribution in [-0.4, -0.2) is 28.3 Å². The van der Waals surface area contributed by atoms with Crippen LogP contribution in [0.1, 0.15) is 34.9 Å². The van der Waals surface area contributed by atoms with Crippen LogP contribution in [-0.2, 0) is 11.3 Å². The maximum Gasteiger partial charge on any atom is 0.341 e. The van der Waals surface area contributed by atoms with Gasteiger partial charge < -0.3 is 14.5 Å². The molecule has 0 fully saturated rings. The van der Waals surface area contributed by atoms with Crippen LogP contribution in [0.3, 0.4) is 0 Å². The highest BCUT2D eigenvalue weighted by Gasteiger charge is 2.12. The average Bonchev–Trinajstić information content (AvgIpc) is 3.05. The molecule has 0 radical (unpaired) electrons. The molecule has 0 bridgehead atoms. The summed E-state index contributed by atoms with van der Waals surface area (Å²) in [4.78, 5) is 15.3. The largest absolute Gasteiger partial charge is 0.467 e. The van der Waals surface area contributed by atoms with Crippen molar-refractivity contribution in [1.82, 2.24) is 20.5 Å². The van der Waals surface area contributed by atoms with E-state index in [2.05, 4.69) is 25.2 Å². The highest BCUT2D eigenvalue weighted by atomic mass is 16.5. The van der Waals surface area contributed by atoms with E-state index in [4.69, 9.17) is 4.42 Å². The van der Waals surface area contributed by atoms with Gasteiger partial charge in [-0.2, -0.15) is 5.10 Å². The molecule has 2 N–H and O–H groups in total. The number of aromatic nitrogens is 3. The van der Waals surface area contributed by atoms with Gasteiger partial charge in [0.05, 0.1) is 25.3 Å². The number of H-pyrrole nitrogens is 1. The SMILES string of the molecule is COC(=O)c1coc(CNC(C)c2ncn[nH]2)c1. The minimum Gasteiger partial charge on any atom is -0.467 e.